The number of carbonyl (C=O) groups is 1. The molecule has 1 atom stereocenters. The molecule has 5 heteroatoms. The van der Waals surface area contributed by atoms with Crippen LogP contribution in [-0.2, 0) is 9.53 Å². The zero-order valence-electron chi connectivity index (χ0n) is 15.1. The van der Waals surface area contributed by atoms with Gasteiger partial charge in [0.1, 0.15) is 5.75 Å². The molecule has 1 amide bonds. The van der Waals surface area contributed by atoms with Gasteiger partial charge in [-0.15, -0.1) is 0 Å². The predicted octanol–water partition coefficient (Wildman–Crippen LogP) is 2.42. The monoisotopic (exact) mass is 346 g/mol. The number of benzene rings is 1. The minimum Gasteiger partial charge on any atom is -0.493 e. The predicted molar refractivity (Wildman–Crippen MR) is 97.7 cm³/mol. The van der Waals surface area contributed by atoms with E-state index in [0.717, 1.165) is 58.1 Å². The number of hydrogen-bond acceptors (Lipinski definition) is 4. The number of rotatable bonds is 6. The number of amides is 1. The topological polar surface area (TPSA) is 42.0 Å². The van der Waals surface area contributed by atoms with Crippen LogP contribution in [0.2, 0.25) is 0 Å². The first kappa shape index (κ1) is 18.2. The zero-order chi connectivity index (χ0) is 17.3. The SMILES string of the molecule is O=C(CCOc1ccccc1)N1CCCN(CC2CCCOC2)CC1. The molecule has 2 fully saturated rings. The normalized spacial score (nSPS) is 22.4. The Labute approximate surface area is 150 Å². The van der Waals surface area contributed by atoms with Crippen LogP contribution in [0.15, 0.2) is 30.3 Å². The zero-order valence-corrected chi connectivity index (χ0v) is 15.1. The van der Waals surface area contributed by atoms with Gasteiger partial charge in [-0.2, -0.15) is 0 Å². The van der Waals surface area contributed by atoms with Gasteiger partial charge in [0.2, 0.25) is 5.91 Å². The second-order valence-corrected chi connectivity index (χ2v) is 7.03. The maximum Gasteiger partial charge on any atom is 0.226 e. The maximum atomic E-state index is 12.4. The fraction of sp³-hybridized carbons (Fsp3) is 0.650. The molecule has 2 heterocycles. The molecule has 0 radical (unpaired) electrons. The molecule has 1 aromatic carbocycles. The Kier molecular flexibility index (Phi) is 7.12. The lowest BCUT2D eigenvalue weighted by molar-refractivity contribution is -0.131. The van der Waals surface area contributed by atoms with E-state index in [-0.39, 0.29) is 5.91 Å². The molecule has 0 saturated carbocycles. The van der Waals surface area contributed by atoms with Crippen molar-refractivity contribution in [2.45, 2.75) is 25.7 Å². The standard InChI is InChI=1S/C20H30N2O3/c23-20(9-15-25-19-7-2-1-3-8-19)22-11-5-10-21(12-13-22)16-18-6-4-14-24-17-18/h1-3,7-8,18H,4-6,9-17H2. The highest BCUT2D eigenvalue weighted by Crippen LogP contribution is 2.16. The van der Waals surface area contributed by atoms with E-state index >= 15 is 0 Å². The van der Waals surface area contributed by atoms with Crippen LogP contribution in [0, 0.1) is 5.92 Å². The van der Waals surface area contributed by atoms with Crippen LogP contribution in [0.1, 0.15) is 25.7 Å². The quantitative estimate of drug-likeness (QED) is 0.793. The number of carbonyl (C=O) groups excluding carboxylic acids is 1. The molecule has 1 unspecified atom stereocenters. The van der Waals surface area contributed by atoms with Crippen molar-refractivity contribution < 1.29 is 14.3 Å². The Morgan fingerprint density at radius 2 is 2.00 bits per heavy atom. The van der Waals surface area contributed by atoms with E-state index < -0.39 is 0 Å². The highest BCUT2D eigenvalue weighted by atomic mass is 16.5. The number of nitrogens with zero attached hydrogens (tertiary/aromatic N) is 2. The van der Waals surface area contributed by atoms with Gasteiger partial charge in [0, 0.05) is 32.8 Å². The molecule has 1 aromatic rings. The minimum absolute atomic E-state index is 0.207. The molecule has 0 aromatic heterocycles. The molecule has 2 aliphatic rings. The minimum atomic E-state index is 0.207. The third-order valence-corrected chi connectivity index (χ3v) is 5.04. The van der Waals surface area contributed by atoms with Crippen molar-refractivity contribution in [3.63, 3.8) is 0 Å². The molecule has 0 bridgehead atoms. The lowest BCUT2D eigenvalue weighted by atomic mass is 10.0. The number of para-hydroxylation sites is 1. The van der Waals surface area contributed by atoms with Gasteiger partial charge in [-0.25, -0.2) is 0 Å². The van der Waals surface area contributed by atoms with Gasteiger partial charge in [0.05, 0.1) is 19.6 Å². The first-order valence-corrected chi connectivity index (χ1v) is 9.57. The largest absolute Gasteiger partial charge is 0.493 e. The number of hydrogen-bond donors (Lipinski definition) is 0. The second-order valence-electron chi connectivity index (χ2n) is 7.03. The Morgan fingerprint density at radius 3 is 2.80 bits per heavy atom. The van der Waals surface area contributed by atoms with Gasteiger partial charge >= 0.3 is 0 Å². The molecule has 138 valence electrons. The molecule has 0 spiro atoms. The first-order valence-electron chi connectivity index (χ1n) is 9.57. The summed E-state index contributed by atoms with van der Waals surface area (Å²) in [6.07, 6.45) is 3.96. The molecule has 3 rings (SSSR count). The third kappa shape index (κ3) is 6.01. The fourth-order valence-electron chi connectivity index (χ4n) is 3.65. The molecule has 2 aliphatic heterocycles. The molecule has 0 N–H and O–H groups in total. The Bertz CT molecular complexity index is 517. The Morgan fingerprint density at radius 1 is 1.12 bits per heavy atom. The highest BCUT2D eigenvalue weighted by molar-refractivity contribution is 5.76. The second kappa shape index (κ2) is 9.78. The van der Waals surface area contributed by atoms with E-state index in [1.54, 1.807) is 0 Å². The van der Waals surface area contributed by atoms with Crippen molar-refractivity contribution >= 4 is 5.91 Å². The van der Waals surface area contributed by atoms with Gasteiger partial charge in [0.15, 0.2) is 0 Å². The van der Waals surface area contributed by atoms with Crippen molar-refractivity contribution in [3.8, 4) is 5.75 Å². The van der Waals surface area contributed by atoms with Crippen molar-refractivity contribution in [2.24, 2.45) is 5.92 Å². The van der Waals surface area contributed by atoms with Crippen LogP contribution in [-0.4, -0.2) is 68.3 Å². The molecule has 0 aliphatic carbocycles. The van der Waals surface area contributed by atoms with Gasteiger partial charge in [0.25, 0.3) is 0 Å². The summed E-state index contributed by atoms with van der Waals surface area (Å²) in [4.78, 5) is 17.0. The van der Waals surface area contributed by atoms with Crippen molar-refractivity contribution in [3.05, 3.63) is 30.3 Å². The fourth-order valence-corrected chi connectivity index (χ4v) is 3.65. The summed E-state index contributed by atoms with van der Waals surface area (Å²) in [7, 11) is 0. The van der Waals surface area contributed by atoms with Crippen LogP contribution < -0.4 is 4.74 Å². The van der Waals surface area contributed by atoms with Gasteiger partial charge < -0.3 is 19.3 Å². The van der Waals surface area contributed by atoms with Crippen molar-refractivity contribution in [2.75, 3.05) is 52.5 Å². The smallest absolute Gasteiger partial charge is 0.226 e. The summed E-state index contributed by atoms with van der Waals surface area (Å²) in [5.74, 6) is 1.70. The van der Waals surface area contributed by atoms with E-state index in [2.05, 4.69) is 4.90 Å². The lowest BCUT2D eigenvalue weighted by Gasteiger charge is -2.28. The van der Waals surface area contributed by atoms with Gasteiger partial charge in [-0.3, -0.25) is 4.79 Å². The Balaban J connectivity index is 1.37. The molecular formula is C20H30N2O3. The van der Waals surface area contributed by atoms with E-state index in [9.17, 15) is 4.79 Å². The van der Waals surface area contributed by atoms with Crippen LogP contribution in [0.5, 0.6) is 5.75 Å². The van der Waals surface area contributed by atoms with Crippen molar-refractivity contribution in [1.82, 2.24) is 9.80 Å². The third-order valence-electron chi connectivity index (χ3n) is 5.04. The van der Waals surface area contributed by atoms with Crippen LogP contribution >= 0.6 is 0 Å². The summed E-state index contributed by atoms with van der Waals surface area (Å²) >= 11 is 0. The average molecular weight is 346 g/mol. The summed E-state index contributed by atoms with van der Waals surface area (Å²) in [6, 6.07) is 9.68. The van der Waals surface area contributed by atoms with E-state index in [0.29, 0.717) is 18.9 Å². The van der Waals surface area contributed by atoms with Crippen LogP contribution in [0.4, 0.5) is 0 Å². The average Bonchev–Trinajstić information content (AvgIpc) is 2.89. The summed E-state index contributed by atoms with van der Waals surface area (Å²) in [5.41, 5.74) is 0. The molecular weight excluding hydrogens is 316 g/mol. The van der Waals surface area contributed by atoms with Gasteiger partial charge in [-0.1, -0.05) is 18.2 Å². The van der Waals surface area contributed by atoms with Crippen molar-refractivity contribution in [1.29, 1.82) is 0 Å². The summed E-state index contributed by atoms with van der Waals surface area (Å²) in [6.45, 7) is 7.13. The maximum absolute atomic E-state index is 12.4. The molecule has 2 saturated heterocycles. The van der Waals surface area contributed by atoms with E-state index in [1.807, 2.05) is 35.2 Å². The molecule has 5 nitrogen and oxygen atoms in total. The van der Waals surface area contributed by atoms with E-state index in [4.69, 9.17) is 9.47 Å². The van der Waals surface area contributed by atoms with E-state index in [1.165, 1.54) is 12.8 Å². The lowest BCUT2D eigenvalue weighted by Crippen LogP contribution is -2.38. The number of ether oxygens (including phenoxy) is 2. The van der Waals surface area contributed by atoms with Crippen LogP contribution in [0.25, 0.3) is 0 Å². The van der Waals surface area contributed by atoms with Crippen LogP contribution in [0.3, 0.4) is 0 Å². The van der Waals surface area contributed by atoms with Gasteiger partial charge in [-0.05, 0) is 43.9 Å². The Hall–Kier alpha value is -1.59. The highest BCUT2D eigenvalue weighted by Gasteiger charge is 2.22. The first-order chi connectivity index (χ1) is 12.3. The summed E-state index contributed by atoms with van der Waals surface area (Å²) in [5, 5.41) is 0. The molecule has 25 heavy (non-hydrogen) atoms. The summed E-state index contributed by atoms with van der Waals surface area (Å²) < 4.78 is 11.2.